The molecule has 0 aromatic heterocycles. The molecule has 4 heteroatoms. The van der Waals surface area contributed by atoms with E-state index in [0.717, 1.165) is 30.4 Å². The van der Waals surface area contributed by atoms with Crippen molar-refractivity contribution < 1.29 is 20.4 Å². The molecule has 0 aromatic rings. The van der Waals surface area contributed by atoms with E-state index in [1.54, 1.807) is 6.92 Å². The van der Waals surface area contributed by atoms with E-state index in [4.69, 9.17) is 0 Å². The van der Waals surface area contributed by atoms with Crippen molar-refractivity contribution in [3.63, 3.8) is 0 Å². The van der Waals surface area contributed by atoms with Crippen molar-refractivity contribution in [1.29, 1.82) is 0 Å². The van der Waals surface area contributed by atoms with Crippen LogP contribution in [0.1, 0.15) is 85.0 Å². The van der Waals surface area contributed by atoms with Crippen molar-refractivity contribution in [3.8, 4) is 0 Å². The first-order valence-corrected chi connectivity index (χ1v) is 12.4. The van der Waals surface area contributed by atoms with Crippen LogP contribution < -0.4 is 0 Å². The second-order valence-electron chi connectivity index (χ2n) is 11.2. The molecule has 0 aromatic carbocycles. The molecule has 3 rings (SSSR count). The highest BCUT2D eigenvalue weighted by atomic mass is 16.3. The molecule has 0 radical (unpaired) electrons. The van der Waals surface area contributed by atoms with Crippen molar-refractivity contribution in [2.75, 3.05) is 6.61 Å². The minimum Gasteiger partial charge on any atom is -0.393 e. The highest BCUT2D eigenvalue weighted by Crippen LogP contribution is 2.60. The molecular weight excluding hydrogens is 388 g/mol. The van der Waals surface area contributed by atoms with Gasteiger partial charge < -0.3 is 20.4 Å². The molecule has 0 saturated heterocycles. The fourth-order valence-electron chi connectivity index (χ4n) is 6.76. The van der Waals surface area contributed by atoms with E-state index < -0.39 is 17.8 Å². The van der Waals surface area contributed by atoms with Gasteiger partial charge in [-0.25, -0.2) is 0 Å². The third-order valence-electron chi connectivity index (χ3n) is 8.70. The van der Waals surface area contributed by atoms with Gasteiger partial charge >= 0.3 is 0 Å². The molecule has 3 fully saturated rings. The lowest BCUT2D eigenvalue weighted by Gasteiger charge is -2.44. The smallest absolute Gasteiger partial charge is 0.0849 e. The quantitative estimate of drug-likeness (QED) is 0.471. The van der Waals surface area contributed by atoms with E-state index in [-0.39, 0.29) is 6.61 Å². The molecule has 0 amide bonds. The van der Waals surface area contributed by atoms with Crippen LogP contribution in [0.3, 0.4) is 0 Å². The average molecular weight is 433 g/mol. The van der Waals surface area contributed by atoms with E-state index in [1.807, 2.05) is 0 Å². The summed E-state index contributed by atoms with van der Waals surface area (Å²) in [6, 6.07) is 0. The Morgan fingerprint density at radius 2 is 2.00 bits per heavy atom. The fourth-order valence-corrected chi connectivity index (χ4v) is 6.76. The maximum absolute atomic E-state index is 10.1. The fraction of sp³-hybridized carbons (Fsp3) is 0.778. The van der Waals surface area contributed by atoms with Gasteiger partial charge in [0, 0.05) is 6.42 Å². The van der Waals surface area contributed by atoms with Crippen LogP contribution in [0.25, 0.3) is 0 Å². The second kappa shape index (κ2) is 9.91. The first-order chi connectivity index (χ1) is 14.6. The summed E-state index contributed by atoms with van der Waals surface area (Å²) in [6.45, 7) is 10.5. The molecule has 3 aliphatic carbocycles. The number of aliphatic hydroxyl groups excluding tert-OH is 3. The predicted molar refractivity (Wildman–Crippen MR) is 125 cm³/mol. The Bertz CT molecular complexity index is 706. The van der Waals surface area contributed by atoms with E-state index in [1.165, 1.54) is 31.3 Å². The summed E-state index contributed by atoms with van der Waals surface area (Å²) in [5.74, 6) is 1.92. The maximum Gasteiger partial charge on any atom is 0.0849 e. The Balaban J connectivity index is 1.68. The highest BCUT2D eigenvalue weighted by molar-refractivity contribution is 5.38. The van der Waals surface area contributed by atoms with Crippen molar-refractivity contribution in [2.24, 2.45) is 23.2 Å². The summed E-state index contributed by atoms with van der Waals surface area (Å²) >= 11 is 0. The summed E-state index contributed by atoms with van der Waals surface area (Å²) in [6.07, 6.45) is 13.1. The normalized spacial score (nSPS) is 39.5. The molecule has 0 bridgehead atoms. The van der Waals surface area contributed by atoms with Gasteiger partial charge in [0.15, 0.2) is 0 Å². The topological polar surface area (TPSA) is 80.9 Å². The number of fused-ring (bicyclic) bond motifs is 1. The molecule has 3 saturated carbocycles. The van der Waals surface area contributed by atoms with Gasteiger partial charge in [-0.05, 0) is 86.2 Å². The van der Waals surface area contributed by atoms with Crippen LogP contribution in [0.5, 0.6) is 0 Å². The Morgan fingerprint density at radius 3 is 2.71 bits per heavy atom. The number of hydrogen-bond donors (Lipinski definition) is 4. The van der Waals surface area contributed by atoms with Crippen LogP contribution in [-0.2, 0) is 0 Å². The van der Waals surface area contributed by atoms with E-state index in [9.17, 15) is 20.4 Å². The van der Waals surface area contributed by atoms with Crippen molar-refractivity contribution >= 4 is 0 Å². The molecule has 3 aliphatic rings. The zero-order chi connectivity index (χ0) is 22.8. The lowest BCUT2D eigenvalue weighted by molar-refractivity contribution is -0.00891. The Labute approximate surface area is 188 Å². The SMILES string of the molecule is C=C1/C(=C\C=C2/CCC[C@@]3(C)C2CC[C@@H]3[C@H](C)CCCC(C)(O)CO)C[C@@H](O)C[C@H]1O. The number of allylic oxidation sites excluding steroid dienone is 3. The molecule has 176 valence electrons. The van der Waals surface area contributed by atoms with Gasteiger partial charge in [0.1, 0.15) is 0 Å². The minimum atomic E-state index is -0.958. The van der Waals surface area contributed by atoms with Crippen LogP contribution >= 0.6 is 0 Å². The predicted octanol–water partition coefficient (Wildman–Crippen LogP) is 4.68. The van der Waals surface area contributed by atoms with Gasteiger partial charge in [-0.1, -0.05) is 51.0 Å². The first-order valence-electron chi connectivity index (χ1n) is 12.4. The lowest BCUT2D eigenvalue weighted by atomic mass is 9.60. The zero-order valence-corrected chi connectivity index (χ0v) is 19.8. The summed E-state index contributed by atoms with van der Waals surface area (Å²) in [4.78, 5) is 0. The standard InChI is InChI=1S/C27H44O4/c1-18(7-5-13-26(3,31)17-28)23-11-12-24-20(8-6-14-27(23,24)4)9-10-21-15-22(29)16-25(30)19(21)2/h9-10,18,22-25,28-31H,2,5-8,11-17H2,1,3-4H3/b20-9+,21-10-/t18-,22-,23-,24?,25-,26?,27-/m1/s1. The van der Waals surface area contributed by atoms with Gasteiger partial charge in [-0.15, -0.1) is 0 Å². The number of aliphatic hydroxyl groups is 4. The summed E-state index contributed by atoms with van der Waals surface area (Å²) in [7, 11) is 0. The largest absolute Gasteiger partial charge is 0.393 e. The van der Waals surface area contributed by atoms with Crippen LogP contribution in [0.2, 0.25) is 0 Å². The molecule has 4 N–H and O–H groups in total. The van der Waals surface area contributed by atoms with E-state index in [2.05, 4.69) is 32.6 Å². The van der Waals surface area contributed by atoms with Crippen molar-refractivity contribution in [1.82, 2.24) is 0 Å². The number of rotatable bonds is 7. The summed E-state index contributed by atoms with van der Waals surface area (Å²) in [5.41, 5.74) is 2.65. The van der Waals surface area contributed by atoms with Gasteiger partial charge in [-0.2, -0.15) is 0 Å². The molecule has 0 aliphatic heterocycles. The van der Waals surface area contributed by atoms with Crippen LogP contribution in [0.15, 0.2) is 35.5 Å². The third-order valence-corrected chi connectivity index (χ3v) is 8.70. The molecule has 31 heavy (non-hydrogen) atoms. The summed E-state index contributed by atoms with van der Waals surface area (Å²) in [5, 5.41) is 39.5. The number of hydrogen-bond acceptors (Lipinski definition) is 4. The summed E-state index contributed by atoms with van der Waals surface area (Å²) < 4.78 is 0. The van der Waals surface area contributed by atoms with Gasteiger partial charge in [0.05, 0.1) is 24.4 Å². The second-order valence-corrected chi connectivity index (χ2v) is 11.2. The van der Waals surface area contributed by atoms with E-state index >= 15 is 0 Å². The first kappa shape index (κ1) is 24.7. The molecule has 7 atom stereocenters. The van der Waals surface area contributed by atoms with Crippen LogP contribution in [-0.4, -0.2) is 44.8 Å². The van der Waals surface area contributed by atoms with Gasteiger partial charge in [-0.3, -0.25) is 0 Å². The Hall–Kier alpha value is -0.940. The van der Waals surface area contributed by atoms with Gasteiger partial charge in [0.2, 0.25) is 0 Å². The van der Waals surface area contributed by atoms with Crippen molar-refractivity contribution in [3.05, 3.63) is 35.5 Å². The van der Waals surface area contributed by atoms with Crippen molar-refractivity contribution in [2.45, 2.75) is 103 Å². The van der Waals surface area contributed by atoms with Crippen LogP contribution in [0, 0.1) is 23.2 Å². The highest BCUT2D eigenvalue weighted by Gasteiger charge is 2.50. The van der Waals surface area contributed by atoms with E-state index in [0.29, 0.717) is 42.4 Å². The van der Waals surface area contributed by atoms with Gasteiger partial charge in [0.25, 0.3) is 0 Å². The Morgan fingerprint density at radius 1 is 1.26 bits per heavy atom. The average Bonchev–Trinajstić information content (AvgIpc) is 3.07. The Kier molecular flexibility index (Phi) is 7.89. The molecular formula is C27H44O4. The molecule has 0 heterocycles. The molecule has 0 spiro atoms. The maximum atomic E-state index is 10.1. The zero-order valence-electron chi connectivity index (χ0n) is 19.8. The lowest BCUT2D eigenvalue weighted by Crippen LogP contribution is -2.36. The third kappa shape index (κ3) is 5.52. The molecule has 2 unspecified atom stereocenters. The van der Waals surface area contributed by atoms with Crippen LogP contribution in [0.4, 0.5) is 0 Å². The minimum absolute atomic E-state index is 0.172. The monoisotopic (exact) mass is 432 g/mol. The molecule has 4 nitrogen and oxygen atoms in total.